The highest BCUT2D eigenvalue weighted by molar-refractivity contribution is 5.40. The van der Waals surface area contributed by atoms with Crippen molar-refractivity contribution in [1.29, 1.82) is 0 Å². The number of aromatic nitrogens is 2. The molecule has 0 aliphatic carbocycles. The van der Waals surface area contributed by atoms with Crippen LogP contribution in [0.1, 0.15) is 0 Å². The number of nitrogens with zero attached hydrogens (tertiary/aromatic N) is 2. The first-order chi connectivity index (χ1) is 11.0. The summed E-state index contributed by atoms with van der Waals surface area (Å²) in [7, 11) is 0. The Hall–Kier alpha value is -2.96. The van der Waals surface area contributed by atoms with Crippen molar-refractivity contribution in [3.05, 3.63) is 77.2 Å². The van der Waals surface area contributed by atoms with Crippen LogP contribution < -0.4 is 10.4 Å². The van der Waals surface area contributed by atoms with Crippen LogP contribution in [0, 0.1) is 5.82 Å². The third kappa shape index (κ3) is 3.13. The number of halogens is 3. The number of ether oxygens (including phenoxy) is 1. The molecule has 3 rings (SSSR count). The summed E-state index contributed by atoms with van der Waals surface area (Å²) in [5.74, 6) is -0.447. The minimum Gasteiger partial charge on any atom is -0.435 e. The number of imidazole rings is 1. The first-order valence-corrected chi connectivity index (χ1v) is 6.66. The van der Waals surface area contributed by atoms with E-state index in [2.05, 4.69) is 4.74 Å². The van der Waals surface area contributed by atoms with Gasteiger partial charge in [-0.15, -0.1) is 0 Å². The van der Waals surface area contributed by atoms with Crippen molar-refractivity contribution in [2.45, 2.75) is 6.61 Å². The van der Waals surface area contributed by atoms with Crippen molar-refractivity contribution < 1.29 is 17.9 Å². The van der Waals surface area contributed by atoms with E-state index in [9.17, 15) is 18.0 Å². The lowest BCUT2D eigenvalue weighted by molar-refractivity contribution is -0.0498. The maximum Gasteiger partial charge on any atom is 0.387 e. The van der Waals surface area contributed by atoms with Crippen LogP contribution in [0.15, 0.2) is 65.7 Å². The monoisotopic (exact) mass is 320 g/mol. The second-order valence-corrected chi connectivity index (χ2v) is 4.67. The van der Waals surface area contributed by atoms with Crippen LogP contribution in [0.3, 0.4) is 0 Å². The largest absolute Gasteiger partial charge is 0.435 e. The highest BCUT2D eigenvalue weighted by atomic mass is 19.3. The summed E-state index contributed by atoms with van der Waals surface area (Å²) in [6.07, 6.45) is 3.00. The molecule has 0 bridgehead atoms. The predicted octanol–water partition coefficient (Wildman–Crippen LogP) is 3.37. The van der Waals surface area contributed by atoms with Crippen molar-refractivity contribution in [1.82, 2.24) is 9.13 Å². The van der Waals surface area contributed by atoms with Gasteiger partial charge < -0.3 is 4.74 Å². The lowest BCUT2D eigenvalue weighted by Gasteiger charge is -2.07. The Morgan fingerprint density at radius 1 is 0.913 bits per heavy atom. The van der Waals surface area contributed by atoms with Gasteiger partial charge >= 0.3 is 12.3 Å². The molecule has 0 aliphatic rings. The maximum atomic E-state index is 13.0. The molecule has 118 valence electrons. The molecule has 0 spiro atoms. The van der Waals surface area contributed by atoms with Gasteiger partial charge in [0.15, 0.2) is 0 Å². The lowest BCUT2D eigenvalue weighted by Crippen LogP contribution is -2.21. The van der Waals surface area contributed by atoms with Crippen molar-refractivity contribution in [3.8, 4) is 17.1 Å². The summed E-state index contributed by atoms with van der Waals surface area (Å²) in [4.78, 5) is 12.4. The van der Waals surface area contributed by atoms with Crippen LogP contribution in [0.25, 0.3) is 11.4 Å². The van der Waals surface area contributed by atoms with Gasteiger partial charge in [-0.3, -0.25) is 9.13 Å². The van der Waals surface area contributed by atoms with Gasteiger partial charge in [0, 0.05) is 18.5 Å². The molecule has 1 aromatic heterocycles. The van der Waals surface area contributed by atoms with E-state index in [0.29, 0.717) is 11.4 Å². The van der Waals surface area contributed by atoms with Gasteiger partial charge in [-0.1, -0.05) is 6.07 Å². The molecule has 7 heteroatoms. The molecule has 0 saturated carbocycles. The third-order valence-corrected chi connectivity index (χ3v) is 3.20. The van der Waals surface area contributed by atoms with Crippen LogP contribution in [-0.2, 0) is 0 Å². The Morgan fingerprint density at radius 3 is 2.22 bits per heavy atom. The first-order valence-electron chi connectivity index (χ1n) is 6.66. The summed E-state index contributed by atoms with van der Waals surface area (Å²) in [6.45, 7) is -2.94. The summed E-state index contributed by atoms with van der Waals surface area (Å²) >= 11 is 0. The molecular formula is C16H11F3N2O2. The standard InChI is InChI=1S/C16H11F3N2O2/c17-11-4-6-12(7-5-11)20-8-9-21(16(20)22)13-2-1-3-14(10-13)23-15(18)19/h1-10,15H. The normalized spacial score (nSPS) is 11.0. The Morgan fingerprint density at radius 2 is 1.57 bits per heavy atom. The van der Waals surface area contributed by atoms with Crippen LogP contribution in [0.5, 0.6) is 5.75 Å². The topological polar surface area (TPSA) is 36.2 Å². The fourth-order valence-electron chi connectivity index (χ4n) is 2.18. The molecule has 4 nitrogen and oxygen atoms in total. The van der Waals surface area contributed by atoms with Crippen LogP contribution in [0.4, 0.5) is 13.2 Å². The molecule has 2 aromatic carbocycles. The van der Waals surface area contributed by atoms with Gasteiger partial charge in [0.25, 0.3) is 0 Å². The Balaban J connectivity index is 1.99. The molecule has 23 heavy (non-hydrogen) atoms. The van der Waals surface area contributed by atoms with E-state index in [1.165, 1.54) is 64.0 Å². The first kappa shape index (κ1) is 15.0. The third-order valence-electron chi connectivity index (χ3n) is 3.20. The zero-order valence-electron chi connectivity index (χ0n) is 11.7. The van der Waals surface area contributed by atoms with E-state index in [0.717, 1.165) is 0 Å². The molecule has 3 aromatic rings. The molecule has 1 heterocycles. The molecule has 0 atom stereocenters. The van der Waals surface area contributed by atoms with E-state index in [4.69, 9.17) is 0 Å². The summed E-state index contributed by atoms with van der Waals surface area (Å²) in [5.41, 5.74) is 0.468. The number of hydrogen-bond donors (Lipinski definition) is 0. The summed E-state index contributed by atoms with van der Waals surface area (Å²) in [6, 6.07) is 11.2. The van der Waals surface area contributed by atoms with E-state index in [1.807, 2.05) is 0 Å². The zero-order chi connectivity index (χ0) is 16.4. The smallest absolute Gasteiger partial charge is 0.387 e. The van der Waals surface area contributed by atoms with Crippen molar-refractivity contribution in [2.24, 2.45) is 0 Å². The number of hydrogen-bond acceptors (Lipinski definition) is 2. The van der Waals surface area contributed by atoms with Crippen LogP contribution in [-0.4, -0.2) is 15.7 Å². The minimum atomic E-state index is -2.94. The molecule has 0 unspecified atom stereocenters. The van der Waals surface area contributed by atoms with Gasteiger partial charge in [0.2, 0.25) is 0 Å². The van der Waals surface area contributed by atoms with Gasteiger partial charge in [0.1, 0.15) is 11.6 Å². The van der Waals surface area contributed by atoms with Crippen molar-refractivity contribution in [3.63, 3.8) is 0 Å². The molecule has 0 radical (unpaired) electrons. The van der Waals surface area contributed by atoms with E-state index < -0.39 is 18.1 Å². The fraction of sp³-hybridized carbons (Fsp3) is 0.0625. The second kappa shape index (κ2) is 6.04. The molecule has 0 saturated heterocycles. The summed E-state index contributed by atoms with van der Waals surface area (Å²) in [5, 5.41) is 0. The highest BCUT2D eigenvalue weighted by Gasteiger charge is 2.09. The number of benzene rings is 2. The minimum absolute atomic E-state index is 0.0427. The Bertz CT molecular complexity index is 870. The van der Waals surface area contributed by atoms with Gasteiger partial charge in [-0.05, 0) is 36.4 Å². The van der Waals surface area contributed by atoms with E-state index in [1.54, 1.807) is 6.07 Å². The van der Waals surface area contributed by atoms with Gasteiger partial charge in [-0.25, -0.2) is 9.18 Å². The second-order valence-electron chi connectivity index (χ2n) is 4.67. The fourth-order valence-corrected chi connectivity index (χ4v) is 2.18. The van der Waals surface area contributed by atoms with Gasteiger partial charge in [-0.2, -0.15) is 8.78 Å². The van der Waals surface area contributed by atoms with Crippen LogP contribution >= 0.6 is 0 Å². The van der Waals surface area contributed by atoms with Gasteiger partial charge in [0.05, 0.1) is 11.4 Å². The van der Waals surface area contributed by atoms with E-state index >= 15 is 0 Å². The number of alkyl halides is 2. The molecule has 0 N–H and O–H groups in total. The SMILES string of the molecule is O=c1n(-c2ccc(F)cc2)ccn1-c1cccc(OC(F)F)c1. The average Bonchev–Trinajstić information content (AvgIpc) is 2.89. The quantitative estimate of drug-likeness (QED) is 0.739. The predicted molar refractivity (Wildman–Crippen MR) is 78.0 cm³/mol. The maximum absolute atomic E-state index is 13.0. The van der Waals surface area contributed by atoms with Crippen LogP contribution in [0.2, 0.25) is 0 Å². The van der Waals surface area contributed by atoms with Crippen molar-refractivity contribution in [2.75, 3.05) is 0 Å². The molecule has 0 fully saturated rings. The molecule has 0 aliphatic heterocycles. The molecule has 0 amide bonds. The lowest BCUT2D eigenvalue weighted by atomic mass is 10.3. The Labute approximate surface area is 129 Å². The number of rotatable bonds is 4. The molecular weight excluding hydrogens is 309 g/mol. The van der Waals surface area contributed by atoms with E-state index in [-0.39, 0.29) is 5.75 Å². The zero-order valence-corrected chi connectivity index (χ0v) is 11.7. The average molecular weight is 320 g/mol. The highest BCUT2D eigenvalue weighted by Crippen LogP contribution is 2.18. The Kier molecular flexibility index (Phi) is 3.92. The summed E-state index contributed by atoms with van der Waals surface area (Å²) < 4.78 is 44.4. The van der Waals surface area contributed by atoms with Crippen molar-refractivity contribution >= 4 is 0 Å².